The van der Waals surface area contributed by atoms with Crippen molar-refractivity contribution in [2.75, 3.05) is 20.2 Å². The number of halogens is 1. The lowest BCUT2D eigenvalue weighted by Crippen LogP contribution is -2.39. The largest absolute Gasteiger partial charge is 0.490 e. The molecule has 1 saturated carbocycles. The third-order valence-corrected chi connectivity index (χ3v) is 4.63. The molecule has 27 heavy (non-hydrogen) atoms. The quantitative estimate of drug-likeness (QED) is 0.552. The van der Waals surface area contributed by atoms with Gasteiger partial charge in [-0.3, -0.25) is 9.98 Å². The van der Waals surface area contributed by atoms with Crippen LogP contribution in [0, 0.1) is 11.7 Å². The highest BCUT2D eigenvalue weighted by Crippen LogP contribution is 2.30. The van der Waals surface area contributed by atoms with Crippen LogP contribution in [0.15, 0.2) is 47.7 Å². The maximum atomic E-state index is 14.3. The smallest absolute Gasteiger partial charge is 0.191 e. The van der Waals surface area contributed by atoms with Gasteiger partial charge in [0.25, 0.3) is 0 Å². The molecule has 6 heteroatoms. The molecule has 3 rings (SSSR count). The van der Waals surface area contributed by atoms with Gasteiger partial charge in [0, 0.05) is 26.0 Å². The second-order valence-corrected chi connectivity index (χ2v) is 6.92. The number of nitrogens with zero attached hydrogens (tertiary/aromatic N) is 2. The number of rotatable bonds is 8. The predicted molar refractivity (Wildman–Crippen MR) is 105 cm³/mol. The van der Waals surface area contributed by atoms with Crippen LogP contribution in [0.3, 0.4) is 0 Å². The van der Waals surface area contributed by atoms with Crippen LogP contribution in [0.2, 0.25) is 0 Å². The summed E-state index contributed by atoms with van der Waals surface area (Å²) in [6, 6.07) is 9.03. The van der Waals surface area contributed by atoms with E-state index in [1.54, 1.807) is 19.3 Å². The number of hydrogen-bond acceptors (Lipinski definition) is 3. The Balaban J connectivity index is 1.49. The molecule has 0 radical (unpaired) electrons. The summed E-state index contributed by atoms with van der Waals surface area (Å²) in [5, 5.41) is 6.57. The standard InChI is InChI=1S/C21H27FN4O/c1-15(18-7-8-20(19(22)12-18)27-14-17-5-6-17)26-21(23-2)25-11-9-16-4-3-10-24-13-16/h3-4,7-8,10,12-13,15,17H,5-6,9,11,14H2,1-2H3,(H2,23,25,26). The number of guanidine groups is 1. The summed E-state index contributed by atoms with van der Waals surface area (Å²) in [4.78, 5) is 8.35. The van der Waals surface area contributed by atoms with Crippen molar-refractivity contribution in [3.8, 4) is 5.75 Å². The molecule has 0 aliphatic heterocycles. The van der Waals surface area contributed by atoms with Crippen molar-refractivity contribution < 1.29 is 9.13 Å². The van der Waals surface area contributed by atoms with Gasteiger partial charge < -0.3 is 15.4 Å². The number of pyridine rings is 1. The van der Waals surface area contributed by atoms with E-state index in [2.05, 4.69) is 20.6 Å². The Bertz CT molecular complexity index is 762. The minimum absolute atomic E-state index is 0.0819. The van der Waals surface area contributed by atoms with Crippen LogP contribution < -0.4 is 15.4 Å². The molecule has 1 aliphatic rings. The predicted octanol–water partition coefficient (Wildman–Crippen LogP) is 3.48. The summed E-state index contributed by atoms with van der Waals surface area (Å²) in [7, 11) is 1.72. The van der Waals surface area contributed by atoms with Crippen molar-refractivity contribution in [2.45, 2.75) is 32.2 Å². The maximum absolute atomic E-state index is 14.3. The van der Waals surface area contributed by atoms with Gasteiger partial charge in [-0.2, -0.15) is 0 Å². The zero-order valence-corrected chi connectivity index (χ0v) is 15.9. The molecule has 2 N–H and O–H groups in total. The molecular weight excluding hydrogens is 343 g/mol. The topological polar surface area (TPSA) is 58.5 Å². The second kappa shape index (κ2) is 9.35. The van der Waals surface area contributed by atoms with Crippen LogP contribution in [0.4, 0.5) is 4.39 Å². The van der Waals surface area contributed by atoms with E-state index in [-0.39, 0.29) is 11.9 Å². The monoisotopic (exact) mass is 370 g/mol. The lowest BCUT2D eigenvalue weighted by molar-refractivity contribution is 0.285. The van der Waals surface area contributed by atoms with Crippen molar-refractivity contribution in [3.05, 3.63) is 59.7 Å². The van der Waals surface area contributed by atoms with E-state index in [9.17, 15) is 4.39 Å². The van der Waals surface area contributed by atoms with Crippen molar-refractivity contribution in [2.24, 2.45) is 10.9 Å². The lowest BCUT2D eigenvalue weighted by atomic mass is 10.1. The number of aromatic nitrogens is 1. The van der Waals surface area contributed by atoms with Gasteiger partial charge in [0.15, 0.2) is 17.5 Å². The van der Waals surface area contributed by atoms with Crippen molar-refractivity contribution >= 4 is 5.96 Å². The summed E-state index contributed by atoms with van der Waals surface area (Å²) >= 11 is 0. The average Bonchev–Trinajstić information content (AvgIpc) is 3.51. The fourth-order valence-corrected chi connectivity index (χ4v) is 2.75. The van der Waals surface area contributed by atoms with Crippen LogP contribution in [0.5, 0.6) is 5.75 Å². The molecule has 0 saturated heterocycles. The first-order valence-corrected chi connectivity index (χ1v) is 9.44. The molecule has 0 amide bonds. The highest BCUT2D eigenvalue weighted by atomic mass is 19.1. The third kappa shape index (κ3) is 5.94. The summed E-state index contributed by atoms with van der Waals surface area (Å²) in [6.45, 7) is 3.32. The van der Waals surface area contributed by atoms with Gasteiger partial charge in [-0.15, -0.1) is 0 Å². The maximum Gasteiger partial charge on any atom is 0.191 e. The van der Waals surface area contributed by atoms with Gasteiger partial charge in [0.1, 0.15) is 0 Å². The first kappa shape index (κ1) is 19.1. The van der Waals surface area contributed by atoms with Crippen LogP contribution in [0.25, 0.3) is 0 Å². The fraction of sp³-hybridized carbons (Fsp3) is 0.429. The lowest BCUT2D eigenvalue weighted by Gasteiger charge is -2.19. The zero-order valence-electron chi connectivity index (χ0n) is 15.9. The van der Waals surface area contributed by atoms with E-state index in [0.717, 1.165) is 24.1 Å². The number of benzene rings is 1. The minimum atomic E-state index is -0.318. The molecular formula is C21H27FN4O. The van der Waals surface area contributed by atoms with Crippen LogP contribution in [-0.2, 0) is 6.42 Å². The van der Waals surface area contributed by atoms with Crippen molar-refractivity contribution in [3.63, 3.8) is 0 Å². The van der Waals surface area contributed by atoms with Crippen molar-refractivity contribution in [1.29, 1.82) is 0 Å². The Morgan fingerprint density at radius 2 is 2.22 bits per heavy atom. The van der Waals surface area contributed by atoms with Gasteiger partial charge in [0.05, 0.1) is 12.6 Å². The van der Waals surface area contributed by atoms with E-state index in [1.807, 2.05) is 31.3 Å². The van der Waals surface area contributed by atoms with E-state index in [0.29, 0.717) is 24.2 Å². The number of nitrogens with one attached hydrogen (secondary N) is 2. The zero-order chi connectivity index (χ0) is 19.1. The number of ether oxygens (including phenoxy) is 1. The molecule has 5 nitrogen and oxygen atoms in total. The Morgan fingerprint density at radius 1 is 1.37 bits per heavy atom. The summed E-state index contributed by atoms with van der Waals surface area (Å²) in [6.07, 6.45) is 6.85. The molecule has 1 unspecified atom stereocenters. The second-order valence-electron chi connectivity index (χ2n) is 6.92. The normalized spacial score (nSPS) is 15.3. The molecule has 2 aromatic rings. The molecule has 144 valence electrons. The Kier molecular flexibility index (Phi) is 6.63. The molecule has 0 spiro atoms. The minimum Gasteiger partial charge on any atom is -0.490 e. The fourth-order valence-electron chi connectivity index (χ4n) is 2.75. The summed E-state index contributed by atoms with van der Waals surface area (Å²) in [5.74, 6) is 1.30. The van der Waals surface area contributed by atoms with Gasteiger partial charge in [-0.05, 0) is 61.4 Å². The van der Waals surface area contributed by atoms with Crippen LogP contribution >= 0.6 is 0 Å². The number of hydrogen-bond donors (Lipinski definition) is 2. The first-order chi connectivity index (χ1) is 13.2. The van der Waals surface area contributed by atoms with E-state index < -0.39 is 0 Å². The third-order valence-electron chi connectivity index (χ3n) is 4.63. The molecule has 1 aliphatic carbocycles. The van der Waals surface area contributed by atoms with E-state index in [1.165, 1.54) is 18.9 Å². The van der Waals surface area contributed by atoms with Gasteiger partial charge in [-0.25, -0.2) is 4.39 Å². The summed E-state index contributed by atoms with van der Waals surface area (Å²) < 4.78 is 19.8. The highest BCUT2D eigenvalue weighted by Gasteiger charge is 2.22. The molecule has 1 fully saturated rings. The molecule has 1 atom stereocenters. The molecule has 1 heterocycles. The van der Waals surface area contributed by atoms with Crippen molar-refractivity contribution in [1.82, 2.24) is 15.6 Å². The van der Waals surface area contributed by atoms with E-state index in [4.69, 9.17) is 4.74 Å². The van der Waals surface area contributed by atoms with Crippen LogP contribution in [-0.4, -0.2) is 31.1 Å². The molecule has 1 aromatic heterocycles. The average molecular weight is 370 g/mol. The Labute approximate surface area is 160 Å². The van der Waals surface area contributed by atoms with Crippen LogP contribution in [0.1, 0.15) is 36.9 Å². The molecule has 0 bridgehead atoms. The summed E-state index contributed by atoms with van der Waals surface area (Å²) in [5.41, 5.74) is 2.01. The molecule has 1 aromatic carbocycles. The van der Waals surface area contributed by atoms with E-state index >= 15 is 0 Å². The van der Waals surface area contributed by atoms with Gasteiger partial charge in [-0.1, -0.05) is 12.1 Å². The Hall–Kier alpha value is -2.63. The SMILES string of the molecule is CN=C(NCCc1cccnc1)NC(C)c1ccc(OCC2CC2)c(F)c1. The Morgan fingerprint density at radius 3 is 2.89 bits per heavy atom. The highest BCUT2D eigenvalue weighted by molar-refractivity contribution is 5.80. The van der Waals surface area contributed by atoms with Gasteiger partial charge in [0.2, 0.25) is 0 Å². The van der Waals surface area contributed by atoms with Gasteiger partial charge >= 0.3 is 0 Å². The number of aliphatic imine (C=N–C) groups is 1. The first-order valence-electron chi connectivity index (χ1n) is 9.44.